The Hall–Kier alpha value is -1.39. The van der Waals surface area contributed by atoms with Crippen LogP contribution in [-0.4, -0.2) is 6.29 Å². The summed E-state index contributed by atoms with van der Waals surface area (Å²) in [6.45, 7) is 0.450. The molecular formula is C9H6F4O. The van der Waals surface area contributed by atoms with Crippen LogP contribution in [0.25, 0.3) is 0 Å². The minimum Gasteiger partial charge on any atom is -0.298 e. The molecule has 0 aromatic heterocycles. The average molecular weight is 206 g/mol. The van der Waals surface area contributed by atoms with Gasteiger partial charge < -0.3 is 0 Å². The molecule has 0 aliphatic carbocycles. The highest BCUT2D eigenvalue weighted by molar-refractivity contribution is 5.75. The number of carbonyl (C=O) groups is 1. The van der Waals surface area contributed by atoms with Crippen LogP contribution in [0.2, 0.25) is 0 Å². The summed E-state index contributed by atoms with van der Waals surface area (Å²) >= 11 is 0. The lowest BCUT2D eigenvalue weighted by Gasteiger charge is -2.12. The molecule has 0 atom stereocenters. The van der Waals surface area contributed by atoms with Crippen molar-refractivity contribution in [3.05, 3.63) is 34.9 Å². The van der Waals surface area contributed by atoms with Crippen LogP contribution in [0.15, 0.2) is 12.1 Å². The molecule has 76 valence electrons. The van der Waals surface area contributed by atoms with Crippen LogP contribution in [0, 0.1) is 11.6 Å². The van der Waals surface area contributed by atoms with Gasteiger partial charge in [-0.2, -0.15) is 0 Å². The molecule has 1 aromatic rings. The van der Waals surface area contributed by atoms with Crippen molar-refractivity contribution in [3.8, 4) is 0 Å². The third kappa shape index (κ3) is 1.76. The number of rotatable bonds is 2. The van der Waals surface area contributed by atoms with Crippen LogP contribution >= 0.6 is 0 Å². The van der Waals surface area contributed by atoms with Crippen molar-refractivity contribution in [3.63, 3.8) is 0 Å². The Morgan fingerprint density at radius 3 is 2.21 bits per heavy atom. The molecule has 14 heavy (non-hydrogen) atoms. The van der Waals surface area contributed by atoms with Gasteiger partial charge in [-0.25, -0.2) is 17.6 Å². The van der Waals surface area contributed by atoms with E-state index in [2.05, 4.69) is 0 Å². The fourth-order valence-electron chi connectivity index (χ4n) is 0.994. The van der Waals surface area contributed by atoms with E-state index in [1.807, 2.05) is 0 Å². The van der Waals surface area contributed by atoms with Crippen molar-refractivity contribution >= 4 is 6.29 Å². The van der Waals surface area contributed by atoms with E-state index in [1.54, 1.807) is 0 Å². The van der Waals surface area contributed by atoms with Crippen LogP contribution in [0.1, 0.15) is 22.8 Å². The second kappa shape index (κ2) is 3.40. The Morgan fingerprint density at radius 2 is 1.79 bits per heavy atom. The molecule has 1 nitrogen and oxygen atoms in total. The van der Waals surface area contributed by atoms with E-state index in [0.717, 1.165) is 6.07 Å². The van der Waals surface area contributed by atoms with E-state index in [9.17, 15) is 22.4 Å². The fourth-order valence-corrected chi connectivity index (χ4v) is 0.994. The van der Waals surface area contributed by atoms with E-state index in [-0.39, 0.29) is 6.29 Å². The number of halogens is 4. The first-order valence-electron chi connectivity index (χ1n) is 3.69. The highest BCUT2D eigenvalue weighted by Gasteiger charge is 2.30. The Labute approximate surface area is 77.3 Å². The maximum Gasteiger partial charge on any atom is 0.273 e. The normalized spacial score (nSPS) is 11.5. The lowest BCUT2D eigenvalue weighted by molar-refractivity contribution is 0.0130. The van der Waals surface area contributed by atoms with Gasteiger partial charge >= 0.3 is 0 Å². The Kier molecular flexibility index (Phi) is 2.59. The molecule has 0 saturated carbocycles. The minimum absolute atomic E-state index is 0.0655. The first-order valence-corrected chi connectivity index (χ1v) is 3.69. The highest BCUT2D eigenvalue weighted by Crippen LogP contribution is 2.30. The number of aldehydes is 1. The van der Waals surface area contributed by atoms with E-state index in [0.29, 0.717) is 13.0 Å². The number of carbonyl (C=O) groups excluding carboxylic acids is 1. The predicted octanol–water partition coefficient (Wildman–Crippen LogP) is 2.89. The van der Waals surface area contributed by atoms with Crippen molar-refractivity contribution in [2.45, 2.75) is 12.8 Å². The number of hydrogen-bond acceptors (Lipinski definition) is 1. The van der Waals surface area contributed by atoms with Crippen molar-refractivity contribution in [2.24, 2.45) is 0 Å². The molecular weight excluding hydrogens is 200 g/mol. The molecule has 0 fully saturated rings. The van der Waals surface area contributed by atoms with E-state index in [4.69, 9.17) is 0 Å². The highest BCUT2D eigenvalue weighted by atomic mass is 19.3. The van der Waals surface area contributed by atoms with Gasteiger partial charge in [0.15, 0.2) is 17.9 Å². The molecule has 0 radical (unpaired) electrons. The summed E-state index contributed by atoms with van der Waals surface area (Å²) in [5, 5.41) is 0. The van der Waals surface area contributed by atoms with Gasteiger partial charge in [0.25, 0.3) is 5.92 Å². The maximum atomic E-state index is 12.9. The van der Waals surface area contributed by atoms with Crippen LogP contribution in [0.4, 0.5) is 17.6 Å². The summed E-state index contributed by atoms with van der Waals surface area (Å²) in [4.78, 5) is 10.1. The van der Waals surface area contributed by atoms with Gasteiger partial charge in [-0.1, -0.05) is 0 Å². The quantitative estimate of drug-likeness (QED) is 0.537. The molecule has 0 heterocycles. The van der Waals surface area contributed by atoms with Gasteiger partial charge in [-0.15, -0.1) is 0 Å². The van der Waals surface area contributed by atoms with Gasteiger partial charge in [0.2, 0.25) is 0 Å². The molecule has 0 amide bonds. The molecule has 0 spiro atoms. The molecule has 5 heteroatoms. The first-order chi connectivity index (χ1) is 6.38. The number of hydrogen-bond donors (Lipinski definition) is 0. The van der Waals surface area contributed by atoms with Crippen LogP contribution in [0.3, 0.4) is 0 Å². The fraction of sp³-hybridized carbons (Fsp3) is 0.222. The molecule has 0 unspecified atom stereocenters. The standard InChI is InChI=1S/C9H6F4O/c1-9(12,13)6-3-2-5(4-14)7(10)8(6)11/h2-4H,1H3. The third-order valence-corrected chi connectivity index (χ3v) is 1.71. The molecule has 0 saturated heterocycles. The van der Waals surface area contributed by atoms with Gasteiger partial charge in [0.05, 0.1) is 11.1 Å². The van der Waals surface area contributed by atoms with Gasteiger partial charge in [-0.05, 0) is 12.1 Å². The van der Waals surface area contributed by atoms with Crippen molar-refractivity contribution in [1.82, 2.24) is 0 Å². The van der Waals surface area contributed by atoms with E-state index >= 15 is 0 Å². The van der Waals surface area contributed by atoms with Gasteiger partial charge in [0.1, 0.15) is 0 Å². The zero-order chi connectivity index (χ0) is 10.9. The van der Waals surface area contributed by atoms with E-state index < -0.39 is 28.7 Å². The first kappa shape index (κ1) is 10.7. The average Bonchev–Trinajstić information content (AvgIpc) is 2.07. The summed E-state index contributed by atoms with van der Waals surface area (Å²) in [5.74, 6) is -6.69. The zero-order valence-electron chi connectivity index (χ0n) is 7.15. The Morgan fingerprint density at radius 1 is 1.21 bits per heavy atom. The van der Waals surface area contributed by atoms with Crippen molar-refractivity contribution in [2.75, 3.05) is 0 Å². The summed E-state index contributed by atoms with van der Waals surface area (Å²) < 4.78 is 51.1. The molecule has 1 rings (SSSR count). The summed E-state index contributed by atoms with van der Waals surface area (Å²) in [7, 11) is 0. The smallest absolute Gasteiger partial charge is 0.273 e. The third-order valence-electron chi connectivity index (χ3n) is 1.71. The minimum atomic E-state index is -3.47. The molecule has 1 aromatic carbocycles. The van der Waals surface area contributed by atoms with Crippen molar-refractivity contribution < 1.29 is 22.4 Å². The topological polar surface area (TPSA) is 17.1 Å². The number of alkyl halides is 2. The Bertz CT molecular complexity index is 368. The monoisotopic (exact) mass is 206 g/mol. The number of benzene rings is 1. The molecule has 0 bridgehead atoms. The van der Waals surface area contributed by atoms with Crippen molar-refractivity contribution in [1.29, 1.82) is 0 Å². The summed E-state index contributed by atoms with van der Waals surface area (Å²) in [6, 6.07) is 1.51. The largest absolute Gasteiger partial charge is 0.298 e. The second-order valence-electron chi connectivity index (χ2n) is 2.84. The zero-order valence-corrected chi connectivity index (χ0v) is 7.15. The molecule has 0 N–H and O–H groups in total. The maximum absolute atomic E-state index is 12.9. The molecule has 0 aliphatic heterocycles. The van der Waals surface area contributed by atoms with Crippen LogP contribution in [-0.2, 0) is 5.92 Å². The second-order valence-corrected chi connectivity index (χ2v) is 2.84. The van der Waals surface area contributed by atoms with Gasteiger partial charge in [0, 0.05) is 6.92 Å². The summed E-state index contributed by atoms with van der Waals surface area (Å²) in [5.41, 5.74) is -1.63. The lowest BCUT2D eigenvalue weighted by atomic mass is 10.1. The Balaban J connectivity index is 3.38. The van der Waals surface area contributed by atoms with Crippen LogP contribution in [0.5, 0.6) is 0 Å². The lowest BCUT2D eigenvalue weighted by Crippen LogP contribution is -2.12. The van der Waals surface area contributed by atoms with E-state index in [1.165, 1.54) is 0 Å². The van der Waals surface area contributed by atoms with Gasteiger partial charge in [-0.3, -0.25) is 4.79 Å². The van der Waals surface area contributed by atoms with Crippen LogP contribution < -0.4 is 0 Å². The predicted molar refractivity (Wildman–Crippen MR) is 41.3 cm³/mol. The molecule has 0 aliphatic rings. The SMILES string of the molecule is CC(F)(F)c1ccc(C=O)c(F)c1F. The summed E-state index contributed by atoms with van der Waals surface area (Å²) in [6.07, 6.45) is 0.0655.